The van der Waals surface area contributed by atoms with E-state index in [1.54, 1.807) is 135 Å². The van der Waals surface area contributed by atoms with Crippen LogP contribution >= 0.6 is 0 Å². The fourth-order valence-electron chi connectivity index (χ4n) is 10.3. The van der Waals surface area contributed by atoms with Crippen molar-refractivity contribution >= 4 is 105 Å². The zero-order valence-electron chi connectivity index (χ0n) is 50.5. The second-order valence-corrected chi connectivity index (χ2v) is 21.8. The Morgan fingerprint density at radius 2 is 0.733 bits per heavy atom. The van der Waals surface area contributed by atoms with E-state index in [-0.39, 0.29) is 90.8 Å². The van der Waals surface area contributed by atoms with E-state index in [9.17, 15) is 52.7 Å². The van der Waals surface area contributed by atoms with Crippen LogP contribution in [0, 0.1) is 5.92 Å². The Morgan fingerprint density at radius 1 is 0.411 bits per heavy atom. The lowest BCUT2D eigenvalue weighted by Crippen LogP contribution is -2.42. The molecule has 90 heavy (non-hydrogen) atoms. The summed E-state index contributed by atoms with van der Waals surface area (Å²) < 4.78 is 12.3. The molecule has 9 rings (SSSR count). The zero-order valence-corrected chi connectivity index (χ0v) is 50.5. The first-order valence-electron chi connectivity index (χ1n) is 28.2. The van der Waals surface area contributed by atoms with E-state index in [1.807, 2.05) is 0 Å². The highest BCUT2D eigenvalue weighted by atomic mass is 16.2. The fraction of sp³-hybridized carbons (Fsp3) is 0.288. The lowest BCUT2D eigenvalue weighted by atomic mass is 9.95. The first-order chi connectivity index (χ1) is 42.8. The molecule has 1 aliphatic heterocycles. The minimum absolute atomic E-state index is 0.00258. The number of primary amides is 1. The average Bonchev–Trinajstić information content (AvgIpc) is 2.26. The van der Waals surface area contributed by atoms with Gasteiger partial charge in [-0.3, -0.25) is 52.7 Å². The largest absolute Gasteiger partial charge is 0.364 e. The van der Waals surface area contributed by atoms with Crippen molar-refractivity contribution in [2.45, 2.75) is 25.7 Å². The Kier molecular flexibility index (Phi) is 18.5. The Labute approximate surface area is 513 Å². The van der Waals surface area contributed by atoms with Crippen LogP contribution in [0.2, 0.25) is 0 Å². The second-order valence-electron chi connectivity index (χ2n) is 21.8. The SMILES string of the molecule is Cn1cc(NC(=O)CCNC(=O)c2cc(NC(=O)c3cc(NC(=O)c4cc(NC(=O)C5CCN(C(=O)c6cc(NC(=O)c7cc(NC(=O)CCNC(=O)c8cc(NC(=O)c9nccn9C)cn8C)cn7C)cn6C)CC5)cn4C)cn3C)cn2C)cc1C(N)=O. The summed E-state index contributed by atoms with van der Waals surface area (Å²) in [6.07, 6.45) is 14.7. The van der Waals surface area contributed by atoms with E-state index < -0.39 is 59.1 Å². The normalized spacial score (nSPS) is 12.2. The molecular weight excluding hydrogens is 1160 g/mol. The number of carbonyl (C=O) groups excluding carboxylic acids is 11. The number of hydrogen-bond acceptors (Lipinski definition) is 12. The molecule has 0 spiro atoms. The number of nitrogens with one attached hydrogen (secondary N) is 9. The van der Waals surface area contributed by atoms with Crippen molar-refractivity contribution in [1.82, 2.24) is 57.1 Å². The van der Waals surface area contributed by atoms with Crippen molar-refractivity contribution in [3.63, 3.8) is 0 Å². The highest BCUT2D eigenvalue weighted by molar-refractivity contribution is 6.09. The summed E-state index contributed by atoms with van der Waals surface area (Å²) in [5.74, 6) is -5.19. The average molecular weight is 1230 g/mol. The molecule has 0 aliphatic carbocycles. The van der Waals surface area contributed by atoms with Gasteiger partial charge >= 0.3 is 0 Å². The Bertz CT molecular complexity index is 4160. The number of anilines is 7. The van der Waals surface area contributed by atoms with Crippen molar-refractivity contribution in [1.29, 1.82) is 0 Å². The van der Waals surface area contributed by atoms with Crippen molar-refractivity contribution in [3.8, 4) is 0 Å². The van der Waals surface area contributed by atoms with Gasteiger partial charge in [0.25, 0.3) is 47.3 Å². The minimum atomic E-state index is -0.643. The first-order valence-corrected chi connectivity index (χ1v) is 28.2. The lowest BCUT2D eigenvalue weighted by Gasteiger charge is -2.31. The molecule has 8 aromatic rings. The van der Waals surface area contributed by atoms with E-state index in [4.69, 9.17) is 5.73 Å². The summed E-state index contributed by atoms with van der Waals surface area (Å²) >= 11 is 0. The first kappa shape index (κ1) is 62.9. The summed E-state index contributed by atoms with van der Waals surface area (Å²) in [4.78, 5) is 149. The molecule has 0 bridgehead atoms. The summed E-state index contributed by atoms with van der Waals surface area (Å²) in [6.45, 7) is 0.566. The maximum atomic E-state index is 13.8. The summed E-state index contributed by atoms with van der Waals surface area (Å²) in [6, 6.07) is 10.5. The third-order valence-corrected chi connectivity index (χ3v) is 15.0. The van der Waals surface area contributed by atoms with Crippen molar-refractivity contribution < 1.29 is 52.7 Å². The molecule has 0 saturated carbocycles. The number of carbonyl (C=O) groups is 11. The molecule has 1 aliphatic rings. The minimum Gasteiger partial charge on any atom is -0.364 e. The van der Waals surface area contributed by atoms with E-state index in [0.29, 0.717) is 58.3 Å². The van der Waals surface area contributed by atoms with E-state index in [2.05, 4.69) is 52.8 Å². The number of hydrogen-bond donors (Lipinski definition) is 10. The number of piperidine rings is 1. The fourth-order valence-corrected chi connectivity index (χ4v) is 10.3. The topological polar surface area (TPSA) is 378 Å². The molecule has 8 aromatic heterocycles. The van der Waals surface area contributed by atoms with Crippen molar-refractivity contribution in [3.05, 3.63) is 144 Å². The second kappa shape index (κ2) is 26.5. The van der Waals surface area contributed by atoms with Crippen LogP contribution in [-0.4, -0.2) is 138 Å². The lowest BCUT2D eigenvalue weighted by molar-refractivity contribution is -0.121. The van der Waals surface area contributed by atoms with Gasteiger partial charge in [-0.1, -0.05) is 0 Å². The molecule has 31 nitrogen and oxygen atoms in total. The highest BCUT2D eigenvalue weighted by Gasteiger charge is 2.30. The molecule has 31 heteroatoms. The van der Waals surface area contributed by atoms with Crippen molar-refractivity contribution in [2.24, 2.45) is 68.0 Å². The molecule has 0 atom stereocenters. The third-order valence-electron chi connectivity index (χ3n) is 15.0. The van der Waals surface area contributed by atoms with Gasteiger partial charge in [-0.15, -0.1) is 0 Å². The van der Waals surface area contributed by atoms with Crippen LogP contribution in [0.5, 0.6) is 0 Å². The molecule has 11 N–H and O–H groups in total. The number of nitrogens with two attached hydrogens (primary N) is 1. The van der Waals surface area contributed by atoms with E-state index in [0.717, 1.165) is 0 Å². The van der Waals surface area contributed by atoms with E-state index in [1.165, 1.54) is 60.9 Å². The third kappa shape index (κ3) is 14.6. The highest BCUT2D eigenvalue weighted by Crippen LogP contribution is 2.26. The van der Waals surface area contributed by atoms with Crippen LogP contribution in [0.25, 0.3) is 0 Å². The molecule has 1 fully saturated rings. The maximum Gasteiger partial charge on any atom is 0.291 e. The molecular formula is C59H68N20O11. The summed E-state index contributed by atoms with van der Waals surface area (Å²) in [5, 5.41) is 24.8. The number of aryl methyl sites for hydroxylation is 8. The van der Waals surface area contributed by atoms with Gasteiger partial charge in [0.15, 0.2) is 5.82 Å². The van der Waals surface area contributed by atoms with Crippen LogP contribution < -0.4 is 53.6 Å². The number of rotatable bonds is 22. The quantitative estimate of drug-likeness (QED) is 0.0468. The van der Waals surface area contributed by atoms with Gasteiger partial charge in [0, 0.05) is 157 Å². The Morgan fingerprint density at radius 3 is 1.10 bits per heavy atom. The van der Waals surface area contributed by atoms with Gasteiger partial charge in [-0.05, 0) is 55.3 Å². The number of amides is 11. The standard InChI is InChI=1S/C59H68N20O11/c1-71-18-15-61-51(71)58(89)70-39-22-43(74(4)31-39)54(85)63-14-10-49(81)65-35-20-44(75(5)27-35)55(86)69-40-25-47(78(8)32-40)59(90)79-16-11-33(12-17-79)52(83)66-36-23-45(76(6)28-36)56(87)68-38-24-46(77(7)30-38)57(88)67-37-21-42(73(3)29-37)53(84)62-13-9-48(80)64-34-19-41(50(60)82)72(2)26-34/h15,18-33H,9-14,16-17H2,1-8H3,(H2,60,82)(H,62,84)(H,63,85)(H,64,80)(H,65,81)(H,66,83)(H,67,88)(H,68,87)(H,69,86)(H,70,89). The van der Waals surface area contributed by atoms with Crippen LogP contribution in [0.4, 0.5) is 39.8 Å². The van der Waals surface area contributed by atoms with Crippen LogP contribution in [-0.2, 0) is 70.8 Å². The van der Waals surface area contributed by atoms with Gasteiger partial charge in [-0.25, -0.2) is 4.98 Å². The van der Waals surface area contributed by atoms with Crippen molar-refractivity contribution in [2.75, 3.05) is 63.4 Å². The summed E-state index contributed by atoms with van der Waals surface area (Å²) in [7, 11) is 13.2. The molecule has 470 valence electrons. The van der Waals surface area contributed by atoms with Gasteiger partial charge in [0.1, 0.15) is 39.9 Å². The number of nitrogens with zero attached hydrogens (tertiary/aromatic N) is 10. The molecule has 9 heterocycles. The van der Waals surface area contributed by atoms with Crippen LogP contribution in [0.15, 0.2) is 98.2 Å². The summed E-state index contributed by atoms with van der Waals surface area (Å²) in [5.41, 5.74) is 9.43. The monoisotopic (exact) mass is 1230 g/mol. The van der Waals surface area contributed by atoms with Gasteiger partial charge in [0.05, 0.1) is 39.8 Å². The number of likely N-dealkylation sites (tertiary alicyclic amines) is 1. The molecule has 11 amide bonds. The molecule has 1 saturated heterocycles. The van der Waals surface area contributed by atoms with E-state index >= 15 is 0 Å². The molecule has 0 aromatic carbocycles. The Hall–Kier alpha value is -11.7. The number of aromatic nitrogens is 9. The zero-order chi connectivity index (χ0) is 64.8. The van der Waals surface area contributed by atoms with Crippen LogP contribution in [0.1, 0.15) is 110 Å². The van der Waals surface area contributed by atoms with Crippen LogP contribution in [0.3, 0.4) is 0 Å². The Balaban J connectivity index is 0.689. The van der Waals surface area contributed by atoms with Gasteiger partial charge in [0.2, 0.25) is 17.7 Å². The molecule has 0 radical (unpaired) electrons. The smallest absolute Gasteiger partial charge is 0.291 e. The predicted octanol–water partition coefficient (Wildman–Crippen LogP) is 2.91. The van der Waals surface area contributed by atoms with Gasteiger partial charge < -0.3 is 95.0 Å². The number of imidazole rings is 1. The maximum absolute atomic E-state index is 13.8. The molecule has 0 unspecified atom stereocenters. The predicted molar refractivity (Wildman–Crippen MR) is 330 cm³/mol. The van der Waals surface area contributed by atoms with Gasteiger partial charge in [-0.2, -0.15) is 0 Å².